The van der Waals surface area contributed by atoms with Gasteiger partial charge in [0.05, 0.1) is 12.0 Å². The van der Waals surface area contributed by atoms with Gasteiger partial charge in [0.1, 0.15) is 11.3 Å². The molecule has 3 rings (SSSR count). The Morgan fingerprint density at radius 2 is 1.85 bits per heavy atom. The van der Waals surface area contributed by atoms with E-state index in [1.807, 2.05) is 6.92 Å². The molecule has 0 spiro atoms. The molecule has 0 saturated carbocycles. The number of benzene rings is 2. The Kier molecular flexibility index (Phi) is 8.24. The van der Waals surface area contributed by atoms with Crippen molar-refractivity contribution in [2.45, 2.75) is 52.0 Å². The number of aliphatic carboxylic acids is 1. The van der Waals surface area contributed by atoms with Gasteiger partial charge in [0, 0.05) is 17.0 Å². The maximum Gasteiger partial charge on any atom is 0.339 e. The van der Waals surface area contributed by atoms with Crippen LogP contribution in [0.25, 0.3) is 11.0 Å². The predicted octanol–water partition coefficient (Wildman–Crippen LogP) is 3.21. The van der Waals surface area contributed by atoms with Gasteiger partial charge in [0.25, 0.3) is 5.91 Å². The molecule has 2 aromatic carbocycles. The lowest BCUT2D eigenvalue weighted by molar-refractivity contribution is -0.308. The van der Waals surface area contributed by atoms with Crippen molar-refractivity contribution >= 4 is 22.8 Å². The summed E-state index contributed by atoms with van der Waals surface area (Å²) >= 11 is 0. The first-order valence-corrected chi connectivity index (χ1v) is 11.1. The molecule has 0 unspecified atom stereocenters. The molecule has 1 N–H and O–H groups in total. The van der Waals surface area contributed by atoms with Gasteiger partial charge in [-0.15, -0.1) is 0 Å². The molecular weight excluding hydrogens is 422 g/mol. The van der Waals surface area contributed by atoms with Crippen LogP contribution in [0.2, 0.25) is 0 Å². The first-order chi connectivity index (χ1) is 15.9. The Balaban J connectivity index is 1.67. The van der Waals surface area contributed by atoms with E-state index in [0.717, 1.165) is 36.6 Å². The summed E-state index contributed by atoms with van der Waals surface area (Å²) in [6.45, 7) is 3.65. The molecule has 33 heavy (non-hydrogen) atoms. The van der Waals surface area contributed by atoms with Crippen LogP contribution in [0, 0.1) is 6.92 Å². The van der Waals surface area contributed by atoms with Crippen molar-refractivity contribution < 1.29 is 23.8 Å². The highest BCUT2D eigenvalue weighted by Crippen LogP contribution is 2.25. The number of rotatable bonds is 11. The van der Waals surface area contributed by atoms with Crippen LogP contribution < -0.4 is 20.8 Å². The summed E-state index contributed by atoms with van der Waals surface area (Å²) in [6, 6.07) is 12.0. The number of fused-ring (bicyclic) bond motifs is 1. The third-order valence-corrected chi connectivity index (χ3v) is 5.58. The third-order valence-electron chi connectivity index (χ3n) is 5.58. The molecule has 0 radical (unpaired) electrons. The minimum Gasteiger partial charge on any atom is -0.548 e. The van der Waals surface area contributed by atoms with Crippen LogP contribution in [0.1, 0.15) is 55.3 Å². The zero-order valence-electron chi connectivity index (χ0n) is 18.9. The van der Waals surface area contributed by atoms with E-state index in [2.05, 4.69) is 12.2 Å². The summed E-state index contributed by atoms with van der Waals surface area (Å²) in [7, 11) is 0. The molecule has 1 atom stereocenters. The number of ether oxygens (including phenoxy) is 1. The summed E-state index contributed by atoms with van der Waals surface area (Å²) in [6.07, 6.45) is 4.97. The molecule has 0 bridgehead atoms. The van der Waals surface area contributed by atoms with E-state index in [9.17, 15) is 19.5 Å². The molecule has 0 aliphatic carbocycles. The van der Waals surface area contributed by atoms with Crippen LogP contribution in [0.4, 0.5) is 0 Å². The van der Waals surface area contributed by atoms with Crippen molar-refractivity contribution in [2.24, 2.45) is 0 Å². The number of carboxylic acids is 1. The number of aryl methyl sites for hydroxylation is 1. The summed E-state index contributed by atoms with van der Waals surface area (Å²) < 4.78 is 11.0. The minimum absolute atomic E-state index is 0.334. The van der Waals surface area contributed by atoms with Crippen LogP contribution in [0.15, 0.2) is 57.7 Å². The fourth-order valence-electron chi connectivity index (χ4n) is 3.76. The lowest BCUT2D eigenvalue weighted by atomic mass is 10.0. The van der Waals surface area contributed by atoms with E-state index in [4.69, 9.17) is 9.15 Å². The smallest absolute Gasteiger partial charge is 0.339 e. The number of carbonyl (C=O) groups excluding carboxylic acids is 2. The molecule has 1 heterocycles. The molecule has 0 aliphatic heterocycles. The molecule has 0 fully saturated rings. The highest BCUT2D eigenvalue weighted by Gasteiger charge is 2.16. The number of nitrogens with one attached hydrogen (secondary N) is 1. The predicted molar refractivity (Wildman–Crippen MR) is 123 cm³/mol. The van der Waals surface area contributed by atoms with E-state index < -0.39 is 24.5 Å². The van der Waals surface area contributed by atoms with Gasteiger partial charge in [0.15, 0.2) is 6.61 Å². The van der Waals surface area contributed by atoms with Crippen molar-refractivity contribution in [1.29, 1.82) is 0 Å². The van der Waals surface area contributed by atoms with Crippen LogP contribution in [-0.2, 0) is 16.0 Å². The van der Waals surface area contributed by atoms with Gasteiger partial charge in [-0.3, -0.25) is 4.79 Å². The van der Waals surface area contributed by atoms with E-state index in [0.29, 0.717) is 28.9 Å². The lowest BCUT2D eigenvalue weighted by Gasteiger charge is -2.20. The third kappa shape index (κ3) is 6.22. The second kappa shape index (κ2) is 11.3. The van der Waals surface area contributed by atoms with Crippen molar-refractivity contribution in [3.63, 3.8) is 0 Å². The molecule has 0 saturated heterocycles. The number of unbranched alkanes of at least 4 members (excludes halogenated alkanes) is 3. The van der Waals surface area contributed by atoms with Crippen molar-refractivity contribution in [1.82, 2.24) is 5.32 Å². The molecule has 1 aromatic heterocycles. The maximum absolute atomic E-state index is 12.5. The topological polar surface area (TPSA) is 109 Å². The Morgan fingerprint density at radius 3 is 2.55 bits per heavy atom. The normalized spacial score (nSPS) is 11.8. The molecule has 1 amide bonds. The van der Waals surface area contributed by atoms with E-state index in [-0.39, 0.29) is 5.63 Å². The monoisotopic (exact) mass is 450 g/mol. The minimum atomic E-state index is -1.41. The Morgan fingerprint density at radius 1 is 1.09 bits per heavy atom. The van der Waals surface area contributed by atoms with E-state index in [1.54, 1.807) is 48.5 Å². The van der Waals surface area contributed by atoms with E-state index >= 15 is 0 Å². The van der Waals surface area contributed by atoms with Crippen LogP contribution >= 0.6 is 0 Å². The zero-order chi connectivity index (χ0) is 23.8. The highest BCUT2D eigenvalue weighted by atomic mass is 16.5. The first-order valence-electron chi connectivity index (χ1n) is 11.1. The average Bonchev–Trinajstić information content (AvgIpc) is 2.80. The Hall–Kier alpha value is -3.61. The van der Waals surface area contributed by atoms with Crippen LogP contribution in [0.3, 0.4) is 0 Å². The van der Waals surface area contributed by atoms with Gasteiger partial charge in [-0.25, -0.2) is 4.79 Å². The second-order valence-electron chi connectivity index (χ2n) is 7.98. The number of amides is 1. The number of hydrogen-bond donors (Lipinski definition) is 1. The van der Waals surface area contributed by atoms with Gasteiger partial charge >= 0.3 is 5.63 Å². The van der Waals surface area contributed by atoms with Gasteiger partial charge in [-0.1, -0.05) is 56.5 Å². The summed E-state index contributed by atoms with van der Waals surface area (Å²) in [5.41, 5.74) is 2.01. The quantitative estimate of drug-likeness (QED) is 0.355. The molecule has 174 valence electrons. The molecule has 3 aromatic rings. The zero-order valence-corrected chi connectivity index (χ0v) is 18.9. The summed E-state index contributed by atoms with van der Waals surface area (Å²) in [5, 5.41) is 14.6. The van der Waals surface area contributed by atoms with Crippen LogP contribution in [0.5, 0.6) is 5.75 Å². The fourth-order valence-corrected chi connectivity index (χ4v) is 3.76. The second-order valence-corrected chi connectivity index (χ2v) is 7.98. The van der Waals surface area contributed by atoms with Crippen molar-refractivity contribution in [3.05, 3.63) is 75.6 Å². The molecule has 7 nitrogen and oxygen atoms in total. The average molecular weight is 451 g/mol. The maximum atomic E-state index is 12.5. The highest BCUT2D eigenvalue weighted by molar-refractivity contribution is 5.85. The number of hydrogen-bond acceptors (Lipinski definition) is 6. The first kappa shape index (κ1) is 24.0. The van der Waals surface area contributed by atoms with E-state index in [1.165, 1.54) is 0 Å². The Labute approximate surface area is 192 Å². The SMILES string of the molecule is CCCCCCc1c(C)c2ccc(OCC(=O)N[C@H](C(=O)[O-])c3ccccc3)cc2oc1=O. The summed E-state index contributed by atoms with van der Waals surface area (Å²) in [5.74, 6) is -1.70. The number of carbonyl (C=O) groups is 2. The standard InChI is InChI=1S/C26H29NO6/c1-3-4-5-9-12-21-17(2)20-14-13-19(15-22(20)33-26(21)31)32-16-23(28)27-24(25(29)30)18-10-7-6-8-11-18/h6-8,10-11,13-15,24H,3-5,9,12,16H2,1-2H3,(H,27,28)(H,29,30)/p-1/t24-/m0/s1. The Bertz CT molecular complexity index is 1170. The van der Waals surface area contributed by atoms with Gasteiger partial charge < -0.3 is 24.4 Å². The molecular formula is C26H28NO6-. The van der Waals surface area contributed by atoms with Crippen molar-refractivity contribution in [3.8, 4) is 5.75 Å². The van der Waals surface area contributed by atoms with Gasteiger partial charge in [-0.2, -0.15) is 0 Å². The molecule has 7 heteroatoms. The van der Waals surface area contributed by atoms with Crippen LogP contribution in [-0.4, -0.2) is 18.5 Å². The summed E-state index contributed by atoms with van der Waals surface area (Å²) in [4.78, 5) is 36.2. The fraction of sp³-hybridized carbons (Fsp3) is 0.346. The van der Waals surface area contributed by atoms with Gasteiger partial charge in [-0.05, 0) is 43.0 Å². The molecule has 0 aliphatic rings. The number of carboxylic acid groups (broad SMARTS) is 1. The largest absolute Gasteiger partial charge is 0.548 e. The lowest BCUT2D eigenvalue weighted by Crippen LogP contribution is -2.42. The van der Waals surface area contributed by atoms with Crippen molar-refractivity contribution in [2.75, 3.05) is 6.61 Å². The van der Waals surface area contributed by atoms with Gasteiger partial charge in [0.2, 0.25) is 0 Å².